The fraction of sp³-hybridized carbons (Fsp3) is 0.320. The predicted molar refractivity (Wildman–Crippen MR) is 141 cm³/mol. The van der Waals surface area contributed by atoms with Crippen molar-refractivity contribution in [1.29, 1.82) is 0 Å². The number of hydrogen-bond acceptors (Lipinski definition) is 6. The van der Waals surface area contributed by atoms with E-state index < -0.39 is 10.0 Å². The molecule has 0 aromatic carbocycles. The van der Waals surface area contributed by atoms with Crippen LogP contribution in [0.1, 0.15) is 42.9 Å². The molecule has 0 unspecified atom stereocenters. The summed E-state index contributed by atoms with van der Waals surface area (Å²) in [5.74, 6) is 1.06. The third-order valence-electron chi connectivity index (χ3n) is 6.60. The van der Waals surface area contributed by atoms with Crippen molar-refractivity contribution in [3.63, 3.8) is 0 Å². The van der Waals surface area contributed by atoms with Crippen molar-refractivity contribution >= 4 is 34.8 Å². The third-order valence-corrected chi connectivity index (χ3v) is 8.16. The molecule has 10 heteroatoms. The van der Waals surface area contributed by atoms with Crippen molar-refractivity contribution in [2.75, 3.05) is 18.4 Å². The monoisotopic (exact) mass is 488 g/mol. The highest BCUT2D eigenvalue weighted by Gasteiger charge is 2.28. The van der Waals surface area contributed by atoms with E-state index in [2.05, 4.69) is 21.5 Å². The molecule has 0 bridgehead atoms. The first-order valence-electron chi connectivity index (χ1n) is 12.0. The van der Waals surface area contributed by atoms with E-state index in [0.717, 1.165) is 59.4 Å². The van der Waals surface area contributed by atoms with Gasteiger partial charge in [0.1, 0.15) is 13.7 Å². The normalized spacial score (nSPS) is 17.8. The zero-order valence-corrected chi connectivity index (χ0v) is 20.7. The lowest BCUT2D eigenvalue weighted by Crippen LogP contribution is -2.37. The second-order valence-electron chi connectivity index (χ2n) is 9.07. The molecule has 0 saturated carbocycles. The minimum absolute atomic E-state index is 0.190. The molecule has 3 aromatic rings. The Hall–Kier alpha value is -3.24. The van der Waals surface area contributed by atoms with Crippen molar-refractivity contribution in [3.05, 3.63) is 83.3 Å². The van der Waals surface area contributed by atoms with Crippen LogP contribution in [0.2, 0.25) is 0 Å². The van der Waals surface area contributed by atoms with Crippen LogP contribution in [-0.2, 0) is 16.6 Å². The van der Waals surface area contributed by atoms with E-state index in [9.17, 15) is 8.42 Å². The van der Waals surface area contributed by atoms with Crippen molar-refractivity contribution in [1.82, 2.24) is 23.9 Å². The maximum atomic E-state index is 12.9. The fourth-order valence-corrected chi connectivity index (χ4v) is 5.79. The van der Waals surface area contributed by atoms with E-state index in [4.69, 9.17) is 4.98 Å². The summed E-state index contributed by atoms with van der Waals surface area (Å²) in [5.41, 5.74) is 4.93. The van der Waals surface area contributed by atoms with Crippen LogP contribution in [-0.4, -0.2) is 53.2 Å². The number of sulfonamides is 1. The first kappa shape index (κ1) is 23.5. The summed E-state index contributed by atoms with van der Waals surface area (Å²) < 4.78 is 29.2. The summed E-state index contributed by atoms with van der Waals surface area (Å²) in [4.78, 5) is 9.09. The first-order chi connectivity index (χ1) is 17.0. The molecule has 180 valence electrons. The van der Waals surface area contributed by atoms with Crippen LogP contribution < -0.4 is 10.8 Å². The Bertz CT molecular complexity index is 1390. The Morgan fingerprint density at radius 2 is 2.09 bits per heavy atom. The minimum Gasteiger partial charge on any atom is -0.366 e. The highest BCUT2D eigenvalue weighted by molar-refractivity contribution is 7.92. The lowest BCUT2D eigenvalue weighted by atomic mass is 9.94. The fourth-order valence-electron chi connectivity index (χ4n) is 4.55. The summed E-state index contributed by atoms with van der Waals surface area (Å²) >= 11 is 0. The van der Waals surface area contributed by atoms with E-state index >= 15 is 0 Å². The van der Waals surface area contributed by atoms with Gasteiger partial charge in [-0.1, -0.05) is 24.3 Å². The molecule has 2 aliphatic rings. The molecular formula is C25H29BN6O2S. The second kappa shape index (κ2) is 10.2. The van der Waals surface area contributed by atoms with Crippen molar-refractivity contribution < 1.29 is 8.42 Å². The number of nitrogens with one attached hydrogen (secondary N) is 1. The van der Waals surface area contributed by atoms with E-state index in [1.165, 1.54) is 5.41 Å². The van der Waals surface area contributed by atoms with Gasteiger partial charge in [0, 0.05) is 61.3 Å². The Morgan fingerprint density at radius 1 is 1.23 bits per heavy atom. The lowest BCUT2D eigenvalue weighted by Gasteiger charge is -2.30. The molecule has 0 spiro atoms. The Morgan fingerprint density at radius 3 is 2.83 bits per heavy atom. The van der Waals surface area contributed by atoms with E-state index in [1.807, 2.05) is 55.1 Å². The number of aromatic nitrogens is 4. The third kappa shape index (κ3) is 5.38. The zero-order valence-electron chi connectivity index (χ0n) is 19.8. The molecule has 1 aliphatic carbocycles. The van der Waals surface area contributed by atoms with Crippen LogP contribution in [0.25, 0.3) is 5.65 Å². The zero-order chi connectivity index (χ0) is 24.3. The van der Waals surface area contributed by atoms with Gasteiger partial charge in [0.05, 0.1) is 0 Å². The standard InChI is InChI=1S/C25H29BN6O2S/c26-22-18-29-32-24(28-17-20-7-4-11-27-16-20)15-23(30-25(22)32)21-8-12-31(13-9-21)35(33,34)14-10-19-5-2-1-3-6-19/h1-2,4-5,7,10-11,14-16,18,21,28H,3,6,8-9,12-13,17,26H2/b14-10+. The molecule has 1 N–H and O–H groups in total. The number of rotatable bonds is 7. The van der Waals surface area contributed by atoms with Gasteiger partial charge in [0.15, 0.2) is 5.65 Å². The number of piperidine rings is 1. The topological polar surface area (TPSA) is 92.5 Å². The number of fused-ring (bicyclic) bond motifs is 1. The lowest BCUT2D eigenvalue weighted by molar-refractivity contribution is 0.320. The SMILES string of the molecule is Bc1cnn2c(NCc3cccnc3)cc(C3CCN(S(=O)(=O)/C=C/C4=CC=CCC4)CC3)nc12. The molecule has 1 saturated heterocycles. The molecule has 1 fully saturated rings. The summed E-state index contributed by atoms with van der Waals surface area (Å²) in [6.07, 6.45) is 16.5. The van der Waals surface area contributed by atoms with E-state index in [0.29, 0.717) is 19.6 Å². The van der Waals surface area contributed by atoms with Gasteiger partial charge >= 0.3 is 0 Å². The molecule has 0 radical (unpaired) electrons. The summed E-state index contributed by atoms with van der Waals surface area (Å²) in [5, 5.41) is 9.32. The molecule has 4 heterocycles. The van der Waals surface area contributed by atoms with Gasteiger partial charge in [0.25, 0.3) is 0 Å². The first-order valence-corrected chi connectivity index (χ1v) is 13.5. The van der Waals surface area contributed by atoms with E-state index in [1.54, 1.807) is 16.6 Å². The largest absolute Gasteiger partial charge is 0.366 e. The van der Waals surface area contributed by atoms with Gasteiger partial charge in [-0.15, -0.1) is 0 Å². The Kier molecular flexibility index (Phi) is 6.83. The van der Waals surface area contributed by atoms with Gasteiger partial charge < -0.3 is 5.32 Å². The molecule has 3 aromatic heterocycles. The van der Waals surface area contributed by atoms with Gasteiger partial charge in [-0.25, -0.2) is 13.4 Å². The Labute approximate surface area is 206 Å². The van der Waals surface area contributed by atoms with Gasteiger partial charge in [-0.3, -0.25) is 4.98 Å². The smallest absolute Gasteiger partial charge is 0.236 e. The molecule has 0 amide bonds. The number of anilines is 1. The predicted octanol–water partition coefficient (Wildman–Crippen LogP) is 2.29. The number of hydrogen-bond donors (Lipinski definition) is 1. The molecule has 5 rings (SSSR count). The van der Waals surface area contributed by atoms with E-state index in [-0.39, 0.29) is 5.92 Å². The summed E-state index contributed by atoms with van der Waals surface area (Å²) in [6.45, 7) is 1.60. The van der Waals surface area contributed by atoms with Gasteiger partial charge in [0.2, 0.25) is 10.0 Å². The maximum Gasteiger partial charge on any atom is 0.236 e. The quantitative estimate of drug-likeness (QED) is 0.514. The number of pyridine rings is 1. The van der Waals surface area contributed by atoms with Crippen LogP contribution >= 0.6 is 0 Å². The van der Waals surface area contributed by atoms with Crippen molar-refractivity contribution in [3.8, 4) is 0 Å². The van der Waals surface area contributed by atoms with Crippen LogP contribution in [0, 0.1) is 0 Å². The number of allylic oxidation sites excluding steroid dienone is 5. The van der Waals surface area contributed by atoms with Crippen molar-refractivity contribution in [2.24, 2.45) is 0 Å². The van der Waals surface area contributed by atoms with Crippen LogP contribution in [0.3, 0.4) is 0 Å². The van der Waals surface area contributed by atoms with Gasteiger partial charge in [-0.05, 0) is 54.4 Å². The highest BCUT2D eigenvalue weighted by atomic mass is 32.2. The summed E-state index contributed by atoms with van der Waals surface area (Å²) in [6, 6.07) is 6.00. The van der Waals surface area contributed by atoms with Crippen molar-refractivity contribution in [2.45, 2.75) is 38.1 Å². The molecule has 8 nitrogen and oxygen atoms in total. The molecule has 0 atom stereocenters. The van der Waals surface area contributed by atoms with Crippen LogP contribution in [0.5, 0.6) is 0 Å². The second-order valence-corrected chi connectivity index (χ2v) is 10.9. The highest BCUT2D eigenvalue weighted by Crippen LogP contribution is 2.30. The average Bonchev–Trinajstić information content (AvgIpc) is 3.28. The van der Waals surface area contributed by atoms with Crippen LogP contribution in [0.15, 0.2) is 72.1 Å². The number of nitrogens with zero attached hydrogens (tertiary/aromatic N) is 5. The average molecular weight is 488 g/mol. The summed E-state index contributed by atoms with van der Waals surface area (Å²) in [7, 11) is -1.43. The minimum atomic E-state index is -3.43. The molecule has 35 heavy (non-hydrogen) atoms. The Balaban J connectivity index is 1.30. The van der Waals surface area contributed by atoms with Crippen LogP contribution in [0.4, 0.5) is 5.82 Å². The molecule has 1 aliphatic heterocycles. The van der Waals surface area contributed by atoms with Gasteiger partial charge in [-0.2, -0.15) is 13.9 Å². The maximum absolute atomic E-state index is 12.9. The molecular weight excluding hydrogens is 459 g/mol.